The molecule has 98 valence electrons. The molecule has 1 rings (SSSR count). The maximum Gasteiger partial charge on any atom is 0.206 e. The summed E-state index contributed by atoms with van der Waals surface area (Å²) in [6, 6.07) is 0. The van der Waals surface area contributed by atoms with Gasteiger partial charge < -0.3 is 0 Å². The molecule has 0 aliphatic heterocycles. The van der Waals surface area contributed by atoms with Gasteiger partial charge in [-0.1, -0.05) is 31.7 Å². The van der Waals surface area contributed by atoms with E-state index in [-0.39, 0.29) is 11.7 Å². The van der Waals surface area contributed by atoms with Crippen LogP contribution in [0.25, 0.3) is 0 Å². The Balaban J connectivity index is 3.38. The number of aliphatic imine (C=N–C) groups is 1. The van der Waals surface area contributed by atoms with Crippen molar-refractivity contribution >= 4 is 23.3 Å². The molecule has 0 aromatic heterocycles. The molecule has 0 aromatic carbocycles. The number of hydrogen-bond donors (Lipinski definition) is 0. The second-order valence-corrected chi connectivity index (χ2v) is 5.40. The molecule has 2 nitrogen and oxygen atoms in total. The molecule has 0 N–H and O–H groups in total. The smallest absolute Gasteiger partial charge is 0.206 e. The normalized spacial score (nSPS) is 32.0. The van der Waals surface area contributed by atoms with Crippen LogP contribution in [-0.2, 0) is 4.79 Å². The van der Waals surface area contributed by atoms with Crippen LogP contribution in [0.15, 0.2) is 40.9 Å². The Morgan fingerprint density at radius 3 is 2.61 bits per heavy atom. The lowest BCUT2D eigenvalue weighted by molar-refractivity contribution is -0.109. The number of ketones is 1. The molecule has 0 radical (unpaired) electrons. The third kappa shape index (κ3) is 2.83. The highest BCUT2D eigenvalue weighted by Crippen LogP contribution is 2.34. The molecule has 2 unspecified atom stereocenters. The number of thioether (sulfide) groups is 1. The fourth-order valence-electron chi connectivity index (χ4n) is 2.39. The van der Waals surface area contributed by atoms with E-state index in [9.17, 15) is 4.79 Å². The highest BCUT2D eigenvalue weighted by atomic mass is 32.2. The molecule has 3 heteroatoms. The zero-order valence-electron chi connectivity index (χ0n) is 11.6. The standard InChI is InChI=1S/C15H21NOS/c1-6-8-12-11(7-2)15(17)14(16-4)10(3)9-13(12)18-5/h6-8,10,13H,1,9H2,2-5H3/b11-7+,12-8?,16-14?. The van der Waals surface area contributed by atoms with Gasteiger partial charge in [-0.3, -0.25) is 9.79 Å². The summed E-state index contributed by atoms with van der Waals surface area (Å²) in [6.45, 7) is 7.74. The molecule has 1 fully saturated rings. The Kier molecular flexibility index (Phi) is 5.60. The second-order valence-electron chi connectivity index (χ2n) is 4.36. The zero-order chi connectivity index (χ0) is 13.7. The molecular formula is C15H21NOS. The van der Waals surface area contributed by atoms with Gasteiger partial charge in [0, 0.05) is 23.8 Å². The van der Waals surface area contributed by atoms with Crippen LogP contribution in [0.2, 0.25) is 0 Å². The average Bonchev–Trinajstić information content (AvgIpc) is 2.45. The molecule has 0 bridgehead atoms. The fraction of sp³-hybridized carbons (Fsp3) is 0.467. The van der Waals surface area contributed by atoms with Crippen molar-refractivity contribution in [2.75, 3.05) is 13.3 Å². The summed E-state index contributed by atoms with van der Waals surface area (Å²) in [4.78, 5) is 16.7. The summed E-state index contributed by atoms with van der Waals surface area (Å²) in [5.41, 5.74) is 2.55. The van der Waals surface area contributed by atoms with Gasteiger partial charge in [0.25, 0.3) is 0 Å². The maximum absolute atomic E-state index is 12.5. The number of hydrogen-bond acceptors (Lipinski definition) is 3. The zero-order valence-corrected chi connectivity index (χ0v) is 12.4. The molecule has 0 spiro atoms. The Morgan fingerprint density at radius 2 is 2.17 bits per heavy atom. The van der Waals surface area contributed by atoms with Gasteiger partial charge in [0.05, 0.1) is 5.71 Å². The van der Waals surface area contributed by atoms with E-state index in [1.54, 1.807) is 24.9 Å². The first kappa shape index (κ1) is 15.0. The topological polar surface area (TPSA) is 29.4 Å². The molecule has 0 amide bonds. The Hall–Kier alpha value is -1.09. The molecule has 18 heavy (non-hydrogen) atoms. The van der Waals surface area contributed by atoms with Crippen molar-refractivity contribution in [2.45, 2.75) is 25.5 Å². The van der Waals surface area contributed by atoms with Gasteiger partial charge in [-0.25, -0.2) is 0 Å². The molecule has 2 atom stereocenters. The number of carbonyl (C=O) groups is 1. The fourth-order valence-corrected chi connectivity index (χ4v) is 3.33. The lowest BCUT2D eigenvalue weighted by Crippen LogP contribution is -2.21. The summed E-state index contributed by atoms with van der Waals surface area (Å²) >= 11 is 1.78. The van der Waals surface area contributed by atoms with Crippen molar-refractivity contribution < 1.29 is 4.79 Å². The lowest BCUT2D eigenvalue weighted by Gasteiger charge is -2.17. The maximum atomic E-state index is 12.5. The van der Waals surface area contributed by atoms with Crippen molar-refractivity contribution in [2.24, 2.45) is 10.9 Å². The van der Waals surface area contributed by atoms with Crippen LogP contribution in [0, 0.1) is 5.92 Å². The van der Waals surface area contributed by atoms with Crippen molar-refractivity contribution in [1.29, 1.82) is 0 Å². The third-order valence-corrected chi connectivity index (χ3v) is 4.30. The predicted octanol–water partition coefficient (Wildman–Crippen LogP) is 3.46. The SMILES string of the molecule is C=CC=C1/C(=C\C)C(=O)C(=NC)C(C)CC1SC. The molecular weight excluding hydrogens is 242 g/mol. The van der Waals surface area contributed by atoms with Crippen LogP contribution in [0.4, 0.5) is 0 Å². The lowest BCUT2D eigenvalue weighted by atomic mass is 9.98. The van der Waals surface area contributed by atoms with Crippen LogP contribution < -0.4 is 0 Å². The van der Waals surface area contributed by atoms with Gasteiger partial charge in [-0.05, 0) is 25.2 Å². The monoisotopic (exact) mass is 263 g/mol. The van der Waals surface area contributed by atoms with E-state index < -0.39 is 0 Å². The van der Waals surface area contributed by atoms with Crippen molar-refractivity contribution in [3.8, 4) is 0 Å². The van der Waals surface area contributed by atoms with Crippen LogP contribution in [0.1, 0.15) is 20.3 Å². The highest BCUT2D eigenvalue weighted by Gasteiger charge is 2.32. The van der Waals surface area contributed by atoms with Gasteiger partial charge >= 0.3 is 0 Å². The van der Waals surface area contributed by atoms with Crippen molar-refractivity contribution in [3.05, 3.63) is 36.0 Å². The van der Waals surface area contributed by atoms with E-state index in [0.717, 1.165) is 17.6 Å². The Morgan fingerprint density at radius 1 is 1.50 bits per heavy atom. The summed E-state index contributed by atoms with van der Waals surface area (Å²) in [6.07, 6.45) is 8.63. The number of allylic oxidation sites excluding steroid dienone is 4. The molecule has 1 saturated carbocycles. The highest BCUT2D eigenvalue weighted by molar-refractivity contribution is 7.99. The van der Waals surface area contributed by atoms with Gasteiger partial charge in [0.2, 0.25) is 5.78 Å². The third-order valence-electron chi connectivity index (χ3n) is 3.28. The number of rotatable bonds is 2. The predicted molar refractivity (Wildman–Crippen MR) is 81.5 cm³/mol. The first-order chi connectivity index (χ1) is 8.60. The van der Waals surface area contributed by atoms with Crippen molar-refractivity contribution in [3.63, 3.8) is 0 Å². The minimum absolute atomic E-state index is 0.0668. The van der Waals surface area contributed by atoms with E-state index in [2.05, 4.69) is 24.8 Å². The number of carbonyl (C=O) groups excluding carboxylic acids is 1. The van der Waals surface area contributed by atoms with Gasteiger partial charge in [0.15, 0.2) is 0 Å². The van der Waals surface area contributed by atoms with Crippen LogP contribution in [0.3, 0.4) is 0 Å². The summed E-state index contributed by atoms with van der Waals surface area (Å²) in [7, 11) is 1.70. The first-order valence-electron chi connectivity index (χ1n) is 6.14. The molecule has 1 aliphatic carbocycles. The molecule has 0 heterocycles. The van der Waals surface area contributed by atoms with Gasteiger partial charge in [0.1, 0.15) is 0 Å². The van der Waals surface area contributed by atoms with Gasteiger partial charge in [-0.2, -0.15) is 11.8 Å². The van der Waals surface area contributed by atoms with Crippen LogP contribution in [0.5, 0.6) is 0 Å². The Labute approximate surface area is 114 Å². The van der Waals surface area contributed by atoms with E-state index >= 15 is 0 Å². The average molecular weight is 263 g/mol. The second kappa shape index (κ2) is 6.74. The number of nitrogens with zero attached hydrogens (tertiary/aromatic N) is 1. The molecule has 0 saturated heterocycles. The first-order valence-corrected chi connectivity index (χ1v) is 7.42. The summed E-state index contributed by atoms with van der Waals surface area (Å²) < 4.78 is 0. The van der Waals surface area contributed by atoms with Gasteiger partial charge in [-0.15, -0.1) is 0 Å². The van der Waals surface area contributed by atoms with E-state index in [1.165, 1.54) is 0 Å². The van der Waals surface area contributed by atoms with E-state index in [4.69, 9.17) is 0 Å². The summed E-state index contributed by atoms with van der Waals surface area (Å²) in [5.74, 6) is 0.266. The molecule has 0 aromatic rings. The largest absolute Gasteiger partial charge is 0.289 e. The quantitative estimate of drug-likeness (QED) is 0.564. The Bertz CT molecular complexity index is 432. The van der Waals surface area contributed by atoms with E-state index in [0.29, 0.717) is 11.0 Å². The van der Waals surface area contributed by atoms with Crippen LogP contribution >= 0.6 is 11.8 Å². The van der Waals surface area contributed by atoms with Crippen molar-refractivity contribution in [1.82, 2.24) is 0 Å². The minimum atomic E-state index is 0.0668. The minimum Gasteiger partial charge on any atom is -0.289 e. The van der Waals surface area contributed by atoms with Crippen LogP contribution in [-0.4, -0.2) is 30.0 Å². The molecule has 1 aliphatic rings. The van der Waals surface area contributed by atoms with E-state index in [1.807, 2.05) is 19.1 Å². The summed E-state index contributed by atoms with van der Waals surface area (Å²) in [5, 5.41) is 0.326. The number of Topliss-reactive ketones (excluding diaryl/α,β-unsaturated/α-hetero) is 1.